The highest BCUT2D eigenvalue weighted by atomic mass is 32.1. The molecule has 0 unspecified atom stereocenters. The Morgan fingerprint density at radius 1 is 1.17 bits per heavy atom. The van der Waals surface area contributed by atoms with Crippen LogP contribution in [0.5, 0.6) is 0 Å². The molecule has 1 aromatic carbocycles. The zero-order valence-electron chi connectivity index (χ0n) is 9.80. The Bertz CT molecular complexity index is 564. The van der Waals surface area contributed by atoms with E-state index in [1.54, 1.807) is 19.2 Å². The van der Waals surface area contributed by atoms with Crippen molar-refractivity contribution in [1.82, 2.24) is 4.98 Å². The second-order valence-corrected chi connectivity index (χ2v) is 4.94. The molecule has 0 radical (unpaired) electrons. The van der Waals surface area contributed by atoms with Crippen molar-refractivity contribution in [2.24, 2.45) is 0 Å². The fourth-order valence-corrected chi connectivity index (χ4v) is 2.49. The minimum absolute atomic E-state index is 0.406. The summed E-state index contributed by atoms with van der Waals surface area (Å²) < 4.78 is 38.0. The topological polar surface area (TPSA) is 38.9 Å². The van der Waals surface area contributed by atoms with Crippen molar-refractivity contribution in [2.45, 2.75) is 20.0 Å². The standard InChI is InChI=1S/C12H11F3N2S/c1-6-3-8(12(13,14)15)4-7(2)10(6)9-5-18-11(16)17-9/h3-5H,1-2H3,(H2,16,17). The van der Waals surface area contributed by atoms with Gasteiger partial charge in [-0.15, -0.1) is 11.3 Å². The number of alkyl halides is 3. The molecule has 0 saturated carbocycles. The fraction of sp³-hybridized carbons (Fsp3) is 0.250. The molecule has 0 aliphatic heterocycles. The maximum Gasteiger partial charge on any atom is 0.416 e. The smallest absolute Gasteiger partial charge is 0.375 e. The van der Waals surface area contributed by atoms with Gasteiger partial charge in [-0.1, -0.05) is 0 Å². The summed E-state index contributed by atoms with van der Waals surface area (Å²) in [7, 11) is 0. The molecule has 0 aliphatic carbocycles. The summed E-state index contributed by atoms with van der Waals surface area (Å²) in [5, 5.41) is 2.15. The molecule has 96 valence electrons. The van der Waals surface area contributed by atoms with Crippen molar-refractivity contribution in [1.29, 1.82) is 0 Å². The van der Waals surface area contributed by atoms with Gasteiger partial charge >= 0.3 is 6.18 Å². The van der Waals surface area contributed by atoms with Gasteiger partial charge in [0.1, 0.15) is 0 Å². The van der Waals surface area contributed by atoms with Crippen molar-refractivity contribution >= 4 is 16.5 Å². The van der Waals surface area contributed by atoms with Crippen LogP contribution in [0.4, 0.5) is 18.3 Å². The molecule has 1 aromatic heterocycles. The summed E-state index contributed by atoms with van der Waals surface area (Å²) in [4.78, 5) is 4.11. The van der Waals surface area contributed by atoms with Crippen LogP contribution in [0, 0.1) is 13.8 Å². The largest absolute Gasteiger partial charge is 0.416 e. The third-order valence-corrected chi connectivity index (χ3v) is 3.31. The number of anilines is 1. The highest BCUT2D eigenvalue weighted by Gasteiger charge is 2.31. The number of hydrogen-bond acceptors (Lipinski definition) is 3. The first kappa shape index (κ1) is 12.9. The zero-order chi connectivity index (χ0) is 13.5. The van der Waals surface area contributed by atoms with Gasteiger partial charge in [-0.05, 0) is 37.1 Å². The molecule has 0 fully saturated rings. The minimum Gasteiger partial charge on any atom is -0.375 e. The molecule has 1 heterocycles. The molecule has 6 heteroatoms. The number of nitrogens with zero attached hydrogens (tertiary/aromatic N) is 1. The summed E-state index contributed by atoms with van der Waals surface area (Å²) in [5.74, 6) is 0. The van der Waals surface area contributed by atoms with Gasteiger partial charge in [0, 0.05) is 10.9 Å². The Kier molecular flexibility index (Phi) is 3.06. The van der Waals surface area contributed by atoms with E-state index in [4.69, 9.17) is 5.73 Å². The molecule has 18 heavy (non-hydrogen) atoms. The van der Waals surface area contributed by atoms with Crippen LogP contribution >= 0.6 is 11.3 Å². The molecular weight excluding hydrogens is 261 g/mol. The quantitative estimate of drug-likeness (QED) is 0.851. The third-order valence-electron chi connectivity index (χ3n) is 2.64. The third kappa shape index (κ3) is 2.33. The fourth-order valence-electron chi connectivity index (χ4n) is 1.93. The van der Waals surface area contributed by atoms with Crippen LogP contribution in [0.2, 0.25) is 0 Å². The van der Waals surface area contributed by atoms with Crippen LogP contribution in [-0.4, -0.2) is 4.98 Å². The predicted octanol–water partition coefficient (Wildman–Crippen LogP) is 4.03. The van der Waals surface area contributed by atoms with Crippen LogP contribution in [0.15, 0.2) is 17.5 Å². The SMILES string of the molecule is Cc1cc(C(F)(F)F)cc(C)c1-c1csc(N)n1. The second-order valence-electron chi connectivity index (χ2n) is 4.05. The number of halogens is 3. The first-order valence-corrected chi connectivity index (χ1v) is 6.07. The molecule has 2 N–H and O–H groups in total. The Hall–Kier alpha value is -1.56. The van der Waals surface area contributed by atoms with Gasteiger partial charge in [-0.25, -0.2) is 4.98 Å². The van der Waals surface area contributed by atoms with E-state index < -0.39 is 11.7 Å². The van der Waals surface area contributed by atoms with E-state index in [0.717, 1.165) is 17.7 Å². The van der Waals surface area contributed by atoms with Crippen molar-refractivity contribution < 1.29 is 13.2 Å². The van der Waals surface area contributed by atoms with Crippen LogP contribution < -0.4 is 5.73 Å². The minimum atomic E-state index is -4.32. The molecule has 0 spiro atoms. The zero-order valence-corrected chi connectivity index (χ0v) is 10.6. The van der Waals surface area contributed by atoms with E-state index in [1.807, 2.05) is 0 Å². The van der Waals surface area contributed by atoms with E-state index >= 15 is 0 Å². The lowest BCUT2D eigenvalue weighted by Gasteiger charge is -2.13. The van der Waals surface area contributed by atoms with Crippen LogP contribution in [0.3, 0.4) is 0 Å². The molecule has 2 nitrogen and oxygen atoms in total. The number of nitrogen functional groups attached to an aromatic ring is 1. The highest BCUT2D eigenvalue weighted by Crippen LogP contribution is 2.35. The van der Waals surface area contributed by atoms with E-state index in [1.165, 1.54) is 11.3 Å². The number of hydrogen-bond donors (Lipinski definition) is 1. The lowest BCUT2D eigenvalue weighted by atomic mass is 9.97. The monoisotopic (exact) mass is 272 g/mol. The Balaban J connectivity index is 2.58. The maximum absolute atomic E-state index is 12.7. The van der Waals surface area contributed by atoms with Gasteiger partial charge in [-0.2, -0.15) is 13.2 Å². The number of aryl methyl sites for hydroxylation is 2. The van der Waals surface area contributed by atoms with Gasteiger partial charge < -0.3 is 5.73 Å². The van der Waals surface area contributed by atoms with Crippen LogP contribution in [-0.2, 0) is 6.18 Å². The van der Waals surface area contributed by atoms with Crippen LogP contribution in [0.1, 0.15) is 16.7 Å². The highest BCUT2D eigenvalue weighted by molar-refractivity contribution is 7.13. The van der Waals surface area contributed by atoms with Crippen molar-refractivity contribution in [3.63, 3.8) is 0 Å². The molecule has 0 amide bonds. The van der Waals surface area contributed by atoms with E-state index in [-0.39, 0.29) is 0 Å². The summed E-state index contributed by atoms with van der Waals surface area (Å²) in [5.41, 5.74) is 7.35. The summed E-state index contributed by atoms with van der Waals surface area (Å²) in [6.07, 6.45) is -4.32. The molecule has 0 aliphatic rings. The van der Waals surface area contributed by atoms with Crippen molar-refractivity contribution in [3.8, 4) is 11.3 Å². The number of rotatable bonds is 1. The van der Waals surface area contributed by atoms with Gasteiger partial charge in [0.25, 0.3) is 0 Å². The Labute approximate surface area is 106 Å². The molecule has 0 saturated heterocycles. The average molecular weight is 272 g/mol. The normalized spacial score (nSPS) is 11.8. The lowest BCUT2D eigenvalue weighted by Crippen LogP contribution is -2.06. The van der Waals surface area contributed by atoms with Gasteiger partial charge in [0.05, 0.1) is 11.3 Å². The summed E-state index contributed by atoms with van der Waals surface area (Å²) in [6, 6.07) is 2.27. The second kappa shape index (κ2) is 4.28. The first-order valence-electron chi connectivity index (χ1n) is 5.19. The van der Waals surface area contributed by atoms with Gasteiger partial charge in [0.2, 0.25) is 0 Å². The molecule has 2 rings (SSSR count). The molecule has 2 aromatic rings. The number of aromatic nitrogens is 1. The molecule has 0 bridgehead atoms. The van der Waals surface area contributed by atoms with Gasteiger partial charge in [0.15, 0.2) is 5.13 Å². The van der Waals surface area contributed by atoms with E-state index in [2.05, 4.69) is 4.98 Å². The Morgan fingerprint density at radius 3 is 2.11 bits per heavy atom. The lowest BCUT2D eigenvalue weighted by molar-refractivity contribution is -0.137. The van der Waals surface area contributed by atoms with E-state index in [9.17, 15) is 13.2 Å². The molecular formula is C12H11F3N2S. The van der Waals surface area contributed by atoms with Gasteiger partial charge in [-0.3, -0.25) is 0 Å². The average Bonchev–Trinajstić information content (AvgIpc) is 2.62. The van der Waals surface area contributed by atoms with E-state index in [0.29, 0.717) is 22.0 Å². The van der Waals surface area contributed by atoms with Crippen LogP contribution in [0.25, 0.3) is 11.3 Å². The number of nitrogens with two attached hydrogens (primary N) is 1. The number of thiazole rings is 1. The molecule has 0 atom stereocenters. The van der Waals surface area contributed by atoms with Crippen molar-refractivity contribution in [2.75, 3.05) is 5.73 Å². The summed E-state index contributed by atoms with van der Waals surface area (Å²) in [6.45, 7) is 3.29. The first-order chi connectivity index (χ1) is 8.29. The maximum atomic E-state index is 12.7. The van der Waals surface area contributed by atoms with Crippen molar-refractivity contribution in [3.05, 3.63) is 34.2 Å². The Morgan fingerprint density at radius 2 is 1.72 bits per heavy atom. The predicted molar refractivity (Wildman–Crippen MR) is 66.4 cm³/mol. The number of benzene rings is 1. The summed E-state index contributed by atoms with van der Waals surface area (Å²) >= 11 is 1.27.